The van der Waals surface area contributed by atoms with Crippen LogP contribution < -0.4 is 5.32 Å². The van der Waals surface area contributed by atoms with Gasteiger partial charge in [0.2, 0.25) is 11.8 Å². The summed E-state index contributed by atoms with van der Waals surface area (Å²) in [6, 6.07) is 14.1. The van der Waals surface area contributed by atoms with Crippen LogP contribution in [0.1, 0.15) is 18.9 Å². The molecular formula is C20H22Cl2N2O2S. The molecule has 0 aliphatic heterocycles. The van der Waals surface area contributed by atoms with Gasteiger partial charge in [-0.05, 0) is 42.3 Å². The number of halogens is 2. The van der Waals surface area contributed by atoms with Crippen LogP contribution in [0.15, 0.2) is 53.4 Å². The highest BCUT2D eigenvalue weighted by Gasteiger charge is 2.28. The summed E-state index contributed by atoms with van der Waals surface area (Å²) < 4.78 is 0. The minimum atomic E-state index is -0.551. The van der Waals surface area contributed by atoms with E-state index in [2.05, 4.69) is 5.32 Å². The topological polar surface area (TPSA) is 49.4 Å². The number of hydrogen-bond acceptors (Lipinski definition) is 3. The zero-order valence-corrected chi connectivity index (χ0v) is 17.6. The lowest BCUT2D eigenvalue weighted by Gasteiger charge is -2.30. The molecule has 0 saturated carbocycles. The standard InChI is InChI=1S/C20H22Cl2N2O2S/c1-3-18(20(26)23-2)24(12-14-6-4-5-7-17(14)22)19(25)13-27-16-10-8-15(21)9-11-16/h4-11,18H,3,12-13H2,1-2H3,(H,23,26). The number of likely N-dealkylation sites (N-methyl/N-ethyl adjacent to an activating group) is 1. The third-order valence-corrected chi connectivity index (χ3v) is 5.72. The van der Waals surface area contributed by atoms with Gasteiger partial charge in [0, 0.05) is 28.5 Å². The predicted molar refractivity (Wildman–Crippen MR) is 112 cm³/mol. The maximum absolute atomic E-state index is 13.0. The van der Waals surface area contributed by atoms with E-state index in [9.17, 15) is 9.59 Å². The van der Waals surface area contributed by atoms with Crippen molar-refractivity contribution in [2.75, 3.05) is 12.8 Å². The van der Waals surface area contributed by atoms with Crippen molar-refractivity contribution in [3.8, 4) is 0 Å². The quantitative estimate of drug-likeness (QED) is 0.627. The van der Waals surface area contributed by atoms with Gasteiger partial charge in [0.05, 0.1) is 5.75 Å². The molecule has 7 heteroatoms. The van der Waals surface area contributed by atoms with Crippen LogP contribution in [-0.2, 0) is 16.1 Å². The van der Waals surface area contributed by atoms with Crippen molar-refractivity contribution < 1.29 is 9.59 Å². The highest BCUT2D eigenvalue weighted by Crippen LogP contribution is 2.23. The van der Waals surface area contributed by atoms with Gasteiger partial charge in [-0.15, -0.1) is 11.8 Å². The van der Waals surface area contributed by atoms with E-state index >= 15 is 0 Å². The van der Waals surface area contributed by atoms with Gasteiger partial charge >= 0.3 is 0 Å². The Labute approximate surface area is 174 Å². The molecule has 0 bridgehead atoms. The van der Waals surface area contributed by atoms with Crippen molar-refractivity contribution in [1.29, 1.82) is 0 Å². The molecule has 2 rings (SSSR count). The Morgan fingerprint density at radius 2 is 1.78 bits per heavy atom. The summed E-state index contributed by atoms with van der Waals surface area (Å²) in [5, 5.41) is 3.87. The lowest BCUT2D eigenvalue weighted by atomic mass is 10.1. The molecule has 0 aliphatic rings. The van der Waals surface area contributed by atoms with Crippen LogP contribution in [0.4, 0.5) is 0 Å². The molecule has 2 aromatic rings. The van der Waals surface area contributed by atoms with Gasteiger partial charge in [0.1, 0.15) is 6.04 Å². The van der Waals surface area contributed by atoms with Gasteiger partial charge in [0.15, 0.2) is 0 Å². The molecule has 1 atom stereocenters. The van der Waals surface area contributed by atoms with Gasteiger partial charge in [-0.25, -0.2) is 0 Å². The van der Waals surface area contributed by atoms with Crippen molar-refractivity contribution >= 4 is 46.8 Å². The zero-order chi connectivity index (χ0) is 19.8. The number of benzene rings is 2. The molecule has 0 fully saturated rings. The molecule has 144 valence electrons. The summed E-state index contributed by atoms with van der Waals surface area (Å²) in [7, 11) is 1.58. The number of nitrogens with zero attached hydrogens (tertiary/aromatic N) is 1. The Hall–Kier alpha value is -1.69. The monoisotopic (exact) mass is 424 g/mol. The molecule has 0 aliphatic carbocycles. The second-order valence-electron chi connectivity index (χ2n) is 5.89. The normalized spacial score (nSPS) is 11.7. The maximum atomic E-state index is 13.0. The Kier molecular flexibility index (Phi) is 8.48. The Morgan fingerprint density at radius 3 is 2.37 bits per heavy atom. The molecule has 1 N–H and O–H groups in total. The fourth-order valence-corrected chi connectivity index (χ4v) is 3.76. The molecule has 0 heterocycles. The minimum absolute atomic E-state index is 0.120. The number of thioether (sulfide) groups is 1. The number of hydrogen-bond donors (Lipinski definition) is 1. The summed E-state index contributed by atoms with van der Waals surface area (Å²) in [6.07, 6.45) is 0.515. The van der Waals surface area contributed by atoms with E-state index in [0.717, 1.165) is 10.5 Å². The molecule has 27 heavy (non-hydrogen) atoms. The van der Waals surface area contributed by atoms with Gasteiger partial charge in [-0.2, -0.15) is 0 Å². The van der Waals surface area contributed by atoms with E-state index in [-0.39, 0.29) is 24.1 Å². The lowest BCUT2D eigenvalue weighted by molar-refractivity contribution is -0.139. The lowest BCUT2D eigenvalue weighted by Crippen LogP contribution is -2.48. The summed E-state index contributed by atoms with van der Waals surface area (Å²) in [5.74, 6) is -0.0840. The second kappa shape index (κ2) is 10.6. The molecule has 2 amide bonds. The fourth-order valence-electron chi connectivity index (χ4n) is 2.66. The minimum Gasteiger partial charge on any atom is -0.357 e. The summed E-state index contributed by atoms with van der Waals surface area (Å²) in [6.45, 7) is 2.17. The molecule has 4 nitrogen and oxygen atoms in total. The average Bonchev–Trinajstić information content (AvgIpc) is 2.68. The number of carbonyl (C=O) groups is 2. The third-order valence-electron chi connectivity index (χ3n) is 4.11. The van der Waals surface area contributed by atoms with Crippen LogP contribution in [0.25, 0.3) is 0 Å². The Bertz CT molecular complexity index is 784. The number of amides is 2. The average molecular weight is 425 g/mol. The summed E-state index contributed by atoms with van der Waals surface area (Å²) in [4.78, 5) is 27.8. The summed E-state index contributed by atoms with van der Waals surface area (Å²) >= 11 is 13.6. The van der Waals surface area contributed by atoms with Crippen molar-refractivity contribution in [3.05, 3.63) is 64.1 Å². The van der Waals surface area contributed by atoms with Crippen molar-refractivity contribution in [1.82, 2.24) is 10.2 Å². The second-order valence-corrected chi connectivity index (χ2v) is 7.79. The van der Waals surface area contributed by atoms with E-state index in [0.29, 0.717) is 16.5 Å². The van der Waals surface area contributed by atoms with Crippen LogP contribution >= 0.6 is 35.0 Å². The van der Waals surface area contributed by atoms with E-state index in [1.54, 1.807) is 30.1 Å². The molecule has 0 saturated heterocycles. The van der Waals surface area contributed by atoms with Crippen molar-refractivity contribution in [2.45, 2.75) is 30.8 Å². The smallest absolute Gasteiger partial charge is 0.242 e. The number of rotatable bonds is 8. The first-order valence-electron chi connectivity index (χ1n) is 8.59. The van der Waals surface area contributed by atoms with Crippen molar-refractivity contribution in [3.63, 3.8) is 0 Å². The summed E-state index contributed by atoms with van der Waals surface area (Å²) in [5.41, 5.74) is 0.811. The van der Waals surface area contributed by atoms with E-state index in [1.165, 1.54) is 11.8 Å². The molecule has 2 aromatic carbocycles. The highest BCUT2D eigenvalue weighted by molar-refractivity contribution is 8.00. The van der Waals surface area contributed by atoms with Gasteiger partial charge in [0.25, 0.3) is 0 Å². The third kappa shape index (κ3) is 6.16. The maximum Gasteiger partial charge on any atom is 0.242 e. The molecular weight excluding hydrogens is 403 g/mol. The van der Waals surface area contributed by atoms with Crippen LogP contribution in [0.2, 0.25) is 10.0 Å². The van der Waals surface area contributed by atoms with E-state index < -0.39 is 6.04 Å². The SMILES string of the molecule is CCC(C(=O)NC)N(Cc1ccccc1Cl)C(=O)CSc1ccc(Cl)cc1. The highest BCUT2D eigenvalue weighted by atomic mass is 35.5. The van der Waals surface area contributed by atoms with Gasteiger partial charge < -0.3 is 10.2 Å². The first kappa shape index (κ1) is 21.6. The predicted octanol–water partition coefficient (Wildman–Crippen LogP) is 4.64. The first-order valence-corrected chi connectivity index (χ1v) is 10.3. The van der Waals surface area contributed by atoms with Crippen LogP contribution in [0.5, 0.6) is 0 Å². The van der Waals surface area contributed by atoms with E-state index in [1.807, 2.05) is 37.3 Å². The van der Waals surface area contributed by atoms with Gasteiger partial charge in [-0.1, -0.05) is 48.3 Å². The molecule has 0 radical (unpaired) electrons. The molecule has 0 aromatic heterocycles. The van der Waals surface area contributed by atoms with Crippen molar-refractivity contribution in [2.24, 2.45) is 0 Å². The van der Waals surface area contributed by atoms with E-state index in [4.69, 9.17) is 23.2 Å². The first-order chi connectivity index (χ1) is 13.0. The molecule has 1 unspecified atom stereocenters. The Balaban J connectivity index is 2.19. The zero-order valence-electron chi connectivity index (χ0n) is 15.2. The molecule has 0 spiro atoms. The van der Waals surface area contributed by atoms with Crippen LogP contribution in [0.3, 0.4) is 0 Å². The number of nitrogens with one attached hydrogen (secondary N) is 1. The largest absolute Gasteiger partial charge is 0.357 e. The fraction of sp³-hybridized carbons (Fsp3) is 0.300. The number of carbonyl (C=O) groups excluding carboxylic acids is 2. The van der Waals surface area contributed by atoms with Crippen LogP contribution in [0, 0.1) is 0 Å². The Morgan fingerprint density at radius 1 is 1.11 bits per heavy atom. The van der Waals surface area contributed by atoms with Gasteiger partial charge in [-0.3, -0.25) is 9.59 Å². The van der Waals surface area contributed by atoms with Crippen LogP contribution in [-0.4, -0.2) is 35.6 Å².